The molecule has 10 nitrogen and oxygen atoms in total. The molecular weight excluding hydrogens is 568 g/mol. The molecular formula is C28H21BrN4O6. The van der Waals surface area contributed by atoms with Crippen molar-refractivity contribution in [1.82, 2.24) is 9.99 Å². The maximum Gasteiger partial charge on any atom is 0.303 e. The van der Waals surface area contributed by atoms with Gasteiger partial charge in [0.15, 0.2) is 0 Å². The van der Waals surface area contributed by atoms with Gasteiger partial charge in [-0.05, 0) is 29.3 Å². The lowest BCUT2D eigenvalue weighted by Crippen LogP contribution is -2.27. The van der Waals surface area contributed by atoms with E-state index in [1.54, 1.807) is 18.2 Å². The Balaban J connectivity index is 1.68. The number of hydrogen-bond acceptors (Lipinski definition) is 6. The Labute approximate surface area is 229 Å². The van der Waals surface area contributed by atoms with Crippen molar-refractivity contribution in [3.8, 4) is 11.1 Å². The molecule has 39 heavy (non-hydrogen) atoms. The van der Waals surface area contributed by atoms with Crippen molar-refractivity contribution in [2.75, 3.05) is 0 Å². The van der Waals surface area contributed by atoms with Crippen LogP contribution in [0.25, 0.3) is 22.0 Å². The van der Waals surface area contributed by atoms with Gasteiger partial charge in [-0.2, -0.15) is 5.10 Å². The molecule has 11 heteroatoms. The average molecular weight is 589 g/mol. The number of pyridine rings is 1. The molecule has 0 saturated carbocycles. The van der Waals surface area contributed by atoms with Crippen molar-refractivity contribution in [3.05, 3.63) is 109 Å². The molecule has 0 radical (unpaired) electrons. The summed E-state index contributed by atoms with van der Waals surface area (Å²) < 4.78 is 0.813. The quantitative estimate of drug-likeness (QED) is 0.218. The minimum atomic E-state index is -1.12. The average Bonchev–Trinajstić information content (AvgIpc) is 3.37. The Bertz CT molecular complexity index is 1700. The van der Waals surface area contributed by atoms with Crippen molar-refractivity contribution < 1.29 is 19.6 Å². The number of nitro groups is 1. The number of carboxylic acids is 1. The second-order valence-electron chi connectivity index (χ2n) is 9.01. The number of rotatable bonds is 7. The summed E-state index contributed by atoms with van der Waals surface area (Å²) in [4.78, 5) is 51.4. The van der Waals surface area contributed by atoms with Gasteiger partial charge >= 0.3 is 5.97 Å². The van der Waals surface area contributed by atoms with Gasteiger partial charge in [-0.25, -0.2) is 5.01 Å². The van der Waals surface area contributed by atoms with E-state index in [-0.39, 0.29) is 30.5 Å². The molecule has 1 aromatic heterocycles. The van der Waals surface area contributed by atoms with Crippen molar-refractivity contribution in [2.45, 2.75) is 25.3 Å². The number of aliphatic carboxylic acids is 1. The van der Waals surface area contributed by atoms with E-state index >= 15 is 0 Å². The van der Waals surface area contributed by atoms with Crippen LogP contribution >= 0.6 is 15.9 Å². The van der Waals surface area contributed by atoms with Crippen LogP contribution in [0.4, 0.5) is 5.69 Å². The molecule has 1 aliphatic rings. The smallest absolute Gasteiger partial charge is 0.303 e. The maximum absolute atomic E-state index is 13.5. The Morgan fingerprint density at radius 1 is 1.05 bits per heavy atom. The molecule has 5 rings (SSSR count). The molecule has 0 aliphatic carbocycles. The number of aromatic amines is 1. The van der Waals surface area contributed by atoms with Gasteiger partial charge in [0.05, 0.1) is 28.7 Å². The van der Waals surface area contributed by atoms with Gasteiger partial charge in [0.2, 0.25) is 5.91 Å². The molecule has 196 valence electrons. The summed E-state index contributed by atoms with van der Waals surface area (Å²) >= 11 is 3.51. The summed E-state index contributed by atoms with van der Waals surface area (Å²) in [6.07, 6.45) is -0.520. The molecule has 0 bridgehead atoms. The van der Waals surface area contributed by atoms with Crippen LogP contribution in [0.2, 0.25) is 0 Å². The summed E-state index contributed by atoms with van der Waals surface area (Å²) in [6, 6.07) is 20.0. The van der Waals surface area contributed by atoms with Crippen molar-refractivity contribution in [1.29, 1.82) is 0 Å². The normalized spacial score (nSPS) is 14.8. The standard InChI is InChI=1S/C28H21BrN4O6/c29-18-8-11-21-20(14-18)26(17-4-2-1-3-5-17)27(28(37)30-21)22-15-23(16-6-9-19(10-7-16)33(38)39)32(31-22)24(34)12-13-25(35)36/h1-11,14,23H,12-13,15H2,(H,30,37)(H,35,36)/t23-/m0/s1. The maximum atomic E-state index is 13.5. The van der Waals surface area contributed by atoms with E-state index in [1.165, 1.54) is 17.1 Å². The van der Waals surface area contributed by atoms with Crippen LogP contribution in [0.5, 0.6) is 0 Å². The minimum Gasteiger partial charge on any atom is -0.481 e. The molecule has 3 aromatic carbocycles. The number of halogens is 1. The number of nitrogens with one attached hydrogen (secondary N) is 1. The Hall–Kier alpha value is -4.64. The first-order chi connectivity index (χ1) is 18.7. The number of nitro benzene ring substituents is 1. The molecule has 1 atom stereocenters. The second-order valence-corrected chi connectivity index (χ2v) is 9.92. The summed E-state index contributed by atoms with van der Waals surface area (Å²) in [5, 5.41) is 26.8. The number of nitrogens with zero attached hydrogens (tertiary/aromatic N) is 3. The summed E-state index contributed by atoms with van der Waals surface area (Å²) in [6.45, 7) is 0. The van der Waals surface area contributed by atoms with Crippen LogP contribution in [0.15, 0.2) is 87.2 Å². The van der Waals surface area contributed by atoms with Gasteiger partial charge in [0.25, 0.3) is 11.2 Å². The molecule has 2 N–H and O–H groups in total. The van der Waals surface area contributed by atoms with E-state index in [0.717, 1.165) is 15.4 Å². The first-order valence-electron chi connectivity index (χ1n) is 12.0. The molecule has 2 heterocycles. The van der Waals surface area contributed by atoms with Crippen LogP contribution in [-0.4, -0.2) is 37.6 Å². The minimum absolute atomic E-state index is 0.107. The Morgan fingerprint density at radius 3 is 2.44 bits per heavy atom. The predicted octanol–water partition coefficient (Wildman–Crippen LogP) is 5.41. The number of H-pyrrole nitrogens is 1. The van der Waals surface area contributed by atoms with Crippen LogP contribution in [0, 0.1) is 10.1 Å². The molecule has 1 amide bonds. The van der Waals surface area contributed by atoms with E-state index in [2.05, 4.69) is 26.0 Å². The number of fused-ring (bicyclic) bond motifs is 1. The molecule has 0 fully saturated rings. The second kappa shape index (κ2) is 10.6. The topological polar surface area (TPSA) is 146 Å². The number of benzene rings is 3. The molecule has 0 spiro atoms. The molecule has 0 saturated heterocycles. The highest BCUT2D eigenvalue weighted by molar-refractivity contribution is 9.10. The van der Waals surface area contributed by atoms with Gasteiger partial charge < -0.3 is 10.1 Å². The number of carbonyl (C=O) groups is 2. The molecule has 0 unspecified atom stereocenters. The monoisotopic (exact) mass is 588 g/mol. The van der Waals surface area contributed by atoms with Crippen molar-refractivity contribution in [3.63, 3.8) is 0 Å². The van der Waals surface area contributed by atoms with E-state index < -0.39 is 22.8 Å². The van der Waals surface area contributed by atoms with Gasteiger partial charge in [-0.1, -0.05) is 58.4 Å². The lowest BCUT2D eigenvalue weighted by atomic mass is 9.91. The van der Waals surface area contributed by atoms with Crippen LogP contribution < -0.4 is 5.56 Å². The SMILES string of the molecule is O=C(O)CCC(=O)N1N=C(c2c(-c3ccccc3)c3cc(Br)ccc3[nH]c2=O)C[C@H]1c1ccc([N+](=O)[O-])cc1. The first-order valence-corrected chi connectivity index (χ1v) is 12.8. The Kier molecular flexibility index (Phi) is 7.07. The zero-order valence-electron chi connectivity index (χ0n) is 20.3. The van der Waals surface area contributed by atoms with Crippen molar-refractivity contribution in [2.24, 2.45) is 5.10 Å². The third kappa shape index (κ3) is 5.21. The molecule has 4 aromatic rings. The zero-order valence-corrected chi connectivity index (χ0v) is 21.9. The van der Waals surface area contributed by atoms with E-state index in [1.807, 2.05) is 42.5 Å². The summed E-state index contributed by atoms with van der Waals surface area (Å²) in [5.74, 6) is -1.65. The van der Waals surface area contributed by atoms with Gasteiger partial charge in [-0.15, -0.1) is 0 Å². The lowest BCUT2D eigenvalue weighted by Gasteiger charge is -2.21. The van der Waals surface area contributed by atoms with E-state index in [9.17, 15) is 24.5 Å². The highest BCUT2D eigenvalue weighted by Crippen LogP contribution is 2.38. The number of hydrogen-bond donors (Lipinski definition) is 2. The highest BCUT2D eigenvalue weighted by atomic mass is 79.9. The summed E-state index contributed by atoms with van der Waals surface area (Å²) in [5.41, 5.74) is 2.80. The third-order valence-electron chi connectivity index (χ3n) is 6.53. The number of carbonyl (C=O) groups excluding carboxylic acids is 1. The van der Waals surface area contributed by atoms with Crippen LogP contribution in [0.3, 0.4) is 0 Å². The molecule has 1 aliphatic heterocycles. The fraction of sp³-hybridized carbons (Fsp3) is 0.143. The third-order valence-corrected chi connectivity index (χ3v) is 7.03. The Morgan fingerprint density at radius 2 is 1.77 bits per heavy atom. The number of aromatic nitrogens is 1. The lowest BCUT2D eigenvalue weighted by molar-refractivity contribution is -0.384. The van der Waals surface area contributed by atoms with Crippen molar-refractivity contribution >= 4 is 50.1 Å². The number of non-ortho nitro benzene ring substituents is 1. The van der Waals surface area contributed by atoms with Gasteiger partial charge in [0, 0.05) is 45.9 Å². The zero-order chi connectivity index (χ0) is 27.7. The fourth-order valence-corrected chi connectivity index (χ4v) is 5.10. The highest BCUT2D eigenvalue weighted by Gasteiger charge is 2.35. The van der Waals surface area contributed by atoms with Gasteiger partial charge in [0.1, 0.15) is 0 Å². The number of amides is 1. The predicted molar refractivity (Wildman–Crippen MR) is 148 cm³/mol. The van der Waals surface area contributed by atoms with E-state index in [0.29, 0.717) is 27.9 Å². The summed E-state index contributed by atoms with van der Waals surface area (Å²) in [7, 11) is 0. The van der Waals surface area contributed by atoms with Crippen LogP contribution in [-0.2, 0) is 9.59 Å². The largest absolute Gasteiger partial charge is 0.481 e. The fourth-order valence-electron chi connectivity index (χ4n) is 4.74. The number of carboxylic acid groups (broad SMARTS) is 1. The van der Waals surface area contributed by atoms with E-state index in [4.69, 9.17) is 5.11 Å². The van der Waals surface area contributed by atoms with Crippen LogP contribution in [0.1, 0.15) is 36.4 Å². The number of hydrazone groups is 1. The van der Waals surface area contributed by atoms with Gasteiger partial charge in [-0.3, -0.25) is 24.5 Å². The first kappa shape index (κ1) is 26.0.